The third-order valence-electron chi connectivity index (χ3n) is 3.06. The maximum absolute atomic E-state index is 13.7. The summed E-state index contributed by atoms with van der Waals surface area (Å²) < 4.78 is 13.7. The molecule has 2 rings (SSSR count). The van der Waals surface area contributed by atoms with Crippen molar-refractivity contribution in [2.24, 2.45) is 5.73 Å². The summed E-state index contributed by atoms with van der Waals surface area (Å²) in [5.74, 6) is -0.366. The first-order valence-electron chi connectivity index (χ1n) is 7.08. The lowest BCUT2D eigenvalue weighted by Crippen LogP contribution is -2.29. The average molecular weight is 375 g/mol. The van der Waals surface area contributed by atoms with E-state index in [0.29, 0.717) is 24.3 Å². The number of anilines is 2. The van der Waals surface area contributed by atoms with Crippen LogP contribution >= 0.6 is 24.8 Å². The number of aromatic nitrogens is 1. The Morgan fingerprint density at radius 1 is 1.25 bits per heavy atom. The number of pyridine rings is 1. The number of carbonyl (C=O) groups excluding carboxylic acids is 1. The van der Waals surface area contributed by atoms with Crippen LogP contribution in [0.3, 0.4) is 0 Å². The zero-order valence-electron chi connectivity index (χ0n) is 13.2. The zero-order chi connectivity index (χ0) is 15.9. The lowest BCUT2D eigenvalue weighted by Gasteiger charge is -2.12. The molecule has 0 saturated carbocycles. The van der Waals surface area contributed by atoms with E-state index in [9.17, 15) is 9.18 Å². The number of nitrogens with one attached hydrogen (secondary N) is 2. The van der Waals surface area contributed by atoms with Gasteiger partial charge in [0, 0.05) is 18.8 Å². The molecule has 0 saturated heterocycles. The van der Waals surface area contributed by atoms with Crippen LogP contribution in [0.15, 0.2) is 42.6 Å². The summed E-state index contributed by atoms with van der Waals surface area (Å²) in [5, 5.41) is 5.63. The third kappa shape index (κ3) is 6.31. The average Bonchev–Trinajstić information content (AvgIpc) is 2.49. The van der Waals surface area contributed by atoms with Crippen molar-refractivity contribution in [2.45, 2.75) is 19.4 Å². The summed E-state index contributed by atoms with van der Waals surface area (Å²) in [7, 11) is 0. The lowest BCUT2D eigenvalue weighted by atomic mass is 10.2. The molecular weight excluding hydrogens is 354 g/mol. The molecule has 0 aliphatic carbocycles. The van der Waals surface area contributed by atoms with E-state index in [-0.39, 0.29) is 42.5 Å². The number of carbonyl (C=O) groups is 1. The van der Waals surface area contributed by atoms with Gasteiger partial charge in [0.15, 0.2) is 0 Å². The van der Waals surface area contributed by atoms with Crippen LogP contribution in [0.4, 0.5) is 15.9 Å². The zero-order valence-corrected chi connectivity index (χ0v) is 14.8. The van der Waals surface area contributed by atoms with Crippen LogP contribution in [0.25, 0.3) is 0 Å². The molecule has 4 N–H and O–H groups in total. The van der Waals surface area contributed by atoms with Crippen molar-refractivity contribution >= 4 is 42.2 Å². The van der Waals surface area contributed by atoms with Crippen LogP contribution in [0.2, 0.25) is 0 Å². The van der Waals surface area contributed by atoms with Crippen LogP contribution in [-0.4, -0.2) is 23.5 Å². The molecule has 0 fully saturated rings. The van der Waals surface area contributed by atoms with Crippen molar-refractivity contribution in [3.05, 3.63) is 54.0 Å². The Hall–Kier alpha value is -1.89. The van der Waals surface area contributed by atoms with Gasteiger partial charge in [-0.25, -0.2) is 9.37 Å². The normalized spacial score (nSPS) is 10.8. The molecule has 0 radical (unpaired) electrons. The highest BCUT2D eigenvalue weighted by Gasteiger charge is 2.13. The van der Waals surface area contributed by atoms with Gasteiger partial charge < -0.3 is 16.4 Å². The van der Waals surface area contributed by atoms with Crippen molar-refractivity contribution in [3.8, 4) is 0 Å². The molecule has 0 aliphatic heterocycles. The van der Waals surface area contributed by atoms with Crippen molar-refractivity contribution in [3.63, 3.8) is 0 Å². The molecule has 1 heterocycles. The topological polar surface area (TPSA) is 80.0 Å². The Morgan fingerprint density at radius 3 is 2.62 bits per heavy atom. The minimum Gasteiger partial charge on any atom is -0.352 e. The summed E-state index contributed by atoms with van der Waals surface area (Å²) in [6.07, 6.45) is 2.23. The van der Waals surface area contributed by atoms with Crippen LogP contribution in [0.5, 0.6) is 0 Å². The molecule has 2 aromatic rings. The molecule has 0 aliphatic rings. The van der Waals surface area contributed by atoms with Crippen molar-refractivity contribution in [2.75, 3.05) is 11.9 Å². The van der Waals surface area contributed by atoms with Gasteiger partial charge >= 0.3 is 0 Å². The highest BCUT2D eigenvalue weighted by Crippen LogP contribution is 2.20. The number of rotatable bonds is 6. The molecule has 1 amide bonds. The number of nitrogens with two attached hydrogens (primary N) is 1. The van der Waals surface area contributed by atoms with Gasteiger partial charge in [0.2, 0.25) is 0 Å². The molecule has 0 bridgehead atoms. The van der Waals surface area contributed by atoms with Crippen molar-refractivity contribution < 1.29 is 9.18 Å². The molecule has 8 heteroatoms. The second-order valence-electron chi connectivity index (χ2n) is 5.03. The van der Waals surface area contributed by atoms with Gasteiger partial charge in [-0.3, -0.25) is 4.79 Å². The fourth-order valence-electron chi connectivity index (χ4n) is 1.89. The maximum atomic E-state index is 13.7. The van der Waals surface area contributed by atoms with E-state index >= 15 is 0 Å². The summed E-state index contributed by atoms with van der Waals surface area (Å²) in [6, 6.07) is 9.54. The maximum Gasteiger partial charge on any atom is 0.255 e. The molecule has 1 unspecified atom stereocenters. The predicted octanol–water partition coefficient (Wildman–Crippen LogP) is 3.28. The molecule has 132 valence electrons. The van der Waals surface area contributed by atoms with Gasteiger partial charge in [0.05, 0.1) is 11.3 Å². The minimum absolute atomic E-state index is 0. The molecule has 1 atom stereocenters. The Balaban J connectivity index is 0.00000264. The predicted molar refractivity (Wildman–Crippen MR) is 99.0 cm³/mol. The Labute approximate surface area is 153 Å². The first-order chi connectivity index (χ1) is 10.6. The van der Waals surface area contributed by atoms with E-state index in [1.54, 1.807) is 36.5 Å². The molecular formula is C16H21Cl2FN4O. The number of hydrogen-bond donors (Lipinski definition) is 3. The highest BCUT2D eigenvalue weighted by atomic mass is 35.5. The molecule has 5 nitrogen and oxygen atoms in total. The van der Waals surface area contributed by atoms with Crippen molar-refractivity contribution in [1.29, 1.82) is 0 Å². The van der Waals surface area contributed by atoms with Crippen LogP contribution in [0, 0.1) is 5.82 Å². The Kier molecular flexibility index (Phi) is 9.95. The van der Waals surface area contributed by atoms with E-state index in [4.69, 9.17) is 5.73 Å². The second-order valence-corrected chi connectivity index (χ2v) is 5.03. The SMILES string of the molecule is CC(N)CCNC(=O)c1cccnc1Nc1ccccc1F.Cl.Cl. The van der Waals surface area contributed by atoms with Crippen LogP contribution in [0.1, 0.15) is 23.7 Å². The summed E-state index contributed by atoms with van der Waals surface area (Å²) in [4.78, 5) is 16.3. The monoisotopic (exact) mass is 374 g/mol. The fourth-order valence-corrected chi connectivity index (χ4v) is 1.89. The number of hydrogen-bond acceptors (Lipinski definition) is 4. The number of halogens is 3. The highest BCUT2D eigenvalue weighted by molar-refractivity contribution is 5.99. The van der Waals surface area contributed by atoms with Crippen molar-refractivity contribution in [1.82, 2.24) is 10.3 Å². The fraction of sp³-hybridized carbons (Fsp3) is 0.250. The number of amides is 1. The van der Waals surface area contributed by atoms with E-state index in [0.717, 1.165) is 0 Å². The largest absolute Gasteiger partial charge is 0.352 e. The van der Waals surface area contributed by atoms with Gasteiger partial charge in [0.1, 0.15) is 11.6 Å². The minimum atomic E-state index is -0.406. The summed E-state index contributed by atoms with van der Waals surface area (Å²) in [6.45, 7) is 2.35. The standard InChI is InChI=1S/C16H19FN4O.2ClH/c1-11(18)8-10-20-16(22)12-5-4-9-19-15(12)21-14-7-3-2-6-13(14)17;;/h2-7,9,11H,8,10,18H2,1H3,(H,19,21)(H,20,22);2*1H. The molecule has 24 heavy (non-hydrogen) atoms. The van der Waals surface area contributed by atoms with E-state index < -0.39 is 5.82 Å². The van der Waals surface area contributed by atoms with Gasteiger partial charge in [-0.15, -0.1) is 24.8 Å². The number of benzene rings is 1. The first kappa shape index (κ1) is 22.1. The van der Waals surface area contributed by atoms with Crippen LogP contribution in [-0.2, 0) is 0 Å². The summed E-state index contributed by atoms with van der Waals surface area (Å²) in [5.41, 5.74) is 6.27. The van der Waals surface area contributed by atoms with E-state index in [1.165, 1.54) is 6.07 Å². The van der Waals surface area contributed by atoms with E-state index in [1.807, 2.05) is 6.92 Å². The van der Waals surface area contributed by atoms with Gasteiger partial charge in [0.25, 0.3) is 5.91 Å². The van der Waals surface area contributed by atoms with E-state index in [2.05, 4.69) is 15.6 Å². The Bertz CT molecular complexity index is 655. The molecule has 1 aromatic heterocycles. The van der Waals surface area contributed by atoms with Gasteiger partial charge in [-0.05, 0) is 37.6 Å². The number of nitrogens with zero attached hydrogens (tertiary/aromatic N) is 1. The molecule has 0 spiro atoms. The van der Waals surface area contributed by atoms with Crippen LogP contribution < -0.4 is 16.4 Å². The Morgan fingerprint density at radius 2 is 1.96 bits per heavy atom. The van der Waals surface area contributed by atoms with Gasteiger partial charge in [-0.1, -0.05) is 12.1 Å². The molecule has 1 aromatic carbocycles. The van der Waals surface area contributed by atoms with Gasteiger partial charge in [-0.2, -0.15) is 0 Å². The number of para-hydroxylation sites is 1. The quantitative estimate of drug-likeness (QED) is 0.724. The first-order valence-corrected chi connectivity index (χ1v) is 7.08. The lowest BCUT2D eigenvalue weighted by molar-refractivity contribution is 0.0953. The summed E-state index contributed by atoms with van der Waals surface area (Å²) >= 11 is 0. The smallest absolute Gasteiger partial charge is 0.255 e. The third-order valence-corrected chi connectivity index (χ3v) is 3.06. The second kappa shape index (κ2) is 10.8.